The lowest BCUT2D eigenvalue weighted by Crippen LogP contribution is -2.55. The van der Waals surface area contributed by atoms with Gasteiger partial charge >= 0.3 is 0 Å². The lowest BCUT2D eigenvalue weighted by atomic mass is 9.89. The Balaban J connectivity index is 1.96. The van der Waals surface area contributed by atoms with Crippen molar-refractivity contribution in [2.75, 3.05) is 6.61 Å². The summed E-state index contributed by atoms with van der Waals surface area (Å²) in [7, 11) is 0. The van der Waals surface area contributed by atoms with E-state index < -0.39 is 54.1 Å². The van der Waals surface area contributed by atoms with Crippen molar-refractivity contribution in [3.05, 3.63) is 52.2 Å². The number of phenolic OH excluding ortho intramolecular Hbond substituents is 3. The van der Waals surface area contributed by atoms with Gasteiger partial charge in [0.05, 0.1) is 12.2 Å². The quantitative estimate of drug-likeness (QED) is 0.300. The van der Waals surface area contributed by atoms with E-state index in [1.807, 2.05) is 0 Å². The fraction of sp³-hybridized carbons (Fsp3) is 0.286. The van der Waals surface area contributed by atoms with Gasteiger partial charge in [-0.2, -0.15) is 0 Å². The highest BCUT2D eigenvalue weighted by atomic mass is 16.5. The van der Waals surface area contributed by atoms with Crippen molar-refractivity contribution in [3.63, 3.8) is 0 Å². The first-order valence-electron chi connectivity index (χ1n) is 9.35. The lowest BCUT2D eigenvalue weighted by Gasteiger charge is -2.40. The van der Waals surface area contributed by atoms with Crippen molar-refractivity contribution in [1.29, 1.82) is 0 Å². The first kappa shape index (κ1) is 21.1. The van der Waals surface area contributed by atoms with Crippen LogP contribution in [-0.2, 0) is 4.74 Å². The molecule has 1 aromatic heterocycles. The maximum atomic E-state index is 12.7. The van der Waals surface area contributed by atoms with E-state index in [1.54, 1.807) is 0 Å². The van der Waals surface area contributed by atoms with Crippen molar-refractivity contribution in [2.45, 2.75) is 30.5 Å². The van der Waals surface area contributed by atoms with Gasteiger partial charge in [0.25, 0.3) is 0 Å². The molecule has 5 atom stereocenters. The number of ether oxygens (including phenoxy) is 1. The van der Waals surface area contributed by atoms with E-state index in [4.69, 9.17) is 9.15 Å². The van der Waals surface area contributed by atoms with E-state index in [1.165, 1.54) is 24.3 Å². The van der Waals surface area contributed by atoms with E-state index in [9.17, 15) is 40.5 Å². The van der Waals surface area contributed by atoms with Crippen LogP contribution in [0.4, 0.5) is 0 Å². The molecular weight excluding hydrogens is 412 g/mol. The minimum atomic E-state index is -1.75. The van der Waals surface area contributed by atoms with Crippen LogP contribution in [0, 0.1) is 0 Å². The number of fused-ring (bicyclic) bond motifs is 1. The van der Waals surface area contributed by atoms with Gasteiger partial charge < -0.3 is 44.9 Å². The second-order valence-electron chi connectivity index (χ2n) is 7.30. The summed E-state index contributed by atoms with van der Waals surface area (Å²) < 4.78 is 11.3. The minimum absolute atomic E-state index is 0.0100. The summed E-state index contributed by atoms with van der Waals surface area (Å²) in [5.74, 6) is -1.15. The van der Waals surface area contributed by atoms with Crippen LogP contribution in [0.1, 0.15) is 11.7 Å². The van der Waals surface area contributed by atoms with Crippen molar-refractivity contribution in [3.8, 4) is 28.6 Å². The van der Waals surface area contributed by atoms with Gasteiger partial charge in [0.15, 0.2) is 11.0 Å². The number of aliphatic hydroxyl groups excluding tert-OH is 4. The van der Waals surface area contributed by atoms with Gasteiger partial charge in [-0.25, -0.2) is 0 Å². The molecule has 3 aromatic rings. The lowest BCUT2D eigenvalue weighted by molar-refractivity contribution is -0.231. The molecule has 2 heterocycles. The van der Waals surface area contributed by atoms with Crippen LogP contribution in [0.25, 0.3) is 22.3 Å². The summed E-state index contributed by atoms with van der Waals surface area (Å²) in [6.45, 7) is -0.694. The van der Waals surface area contributed by atoms with E-state index in [2.05, 4.69) is 0 Å². The van der Waals surface area contributed by atoms with Gasteiger partial charge in [0, 0.05) is 17.7 Å². The van der Waals surface area contributed by atoms with Crippen LogP contribution >= 0.6 is 0 Å². The second-order valence-corrected chi connectivity index (χ2v) is 7.30. The van der Waals surface area contributed by atoms with E-state index in [0.29, 0.717) is 5.56 Å². The molecule has 0 bridgehead atoms. The average Bonchev–Trinajstić information content (AvgIpc) is 2.73. The Morgan fingerprint density at radius 2 is 1.55 bits per heavy atom. The van der Waals surface area contributed by atoms with Crippen LogP contribution in [0.2, 0.25) is 0 Å². The summed E-state index contributed by atoms with van der Waals surface area (Å²) >= 11 is 0. The van der Waals surface area contributed by atoms with Gasteiger partial charge in [-0.15, -0.1) is 0 Å². The maximum absolute atomic E-state index is 12.7. The molecule has 1 saturated heterocycles. The average molecular weight is 432 g/mol. The Morgan fingerprint density at radius 3 is 2.19 bits per heavy atom. The fourth-order valence-corrected chi connectivity index (χ4v) is 3.70. The smallest absolute Gasteiger partial charge is 0.197 e. The molecule has 0 amide bonds. The SMILES string of the molecule is O=c1cc(-c2ccc(O)cc2)oc2c([C@H]3OC(CO)[C@@H](O)[C@H](O)C3O)c(O)cc(O)c12. The van der Waals surface area contributed by atoms with E-state index in [0.717, 1.165) is 12.1 Å². The molecule has 4 rings (SSSR count). The normalized spacial score (nSPS) is 26.3. The highest BCUT2D eigenvalue weighted by molar-refractivity contribution is 5.89. The molecular formula is C21H20O10. The van der Waals surface area contributed by atoms with Crippen LogP contribution in [0.5, 0.6) is 17.2 Å². The number of hydrogen-bond acceptors (Lipinski definition) is 10. The third-order valence-electron chi connectivity index (χ3n) is 5.33. The minimum Gasteiger partial charge on any atom is -0.508 e. The molecule has 10 heteroatoms. The van der Waals surface area contributed by atoms with Crippen LogP contribution in [-0.4, -0.2) is 66.8 Å². The maximum Gasteiger partial charge on any atom is 0.197 e. The largest absolute Gasteiger partial charge is 0.508 e. The van der Waals surface area contributed by atoms with E-state index in [-0.39, 0.29) is 28.0 Å². The zero-order valence-electron chi connectivity index (χ0n) is 15.9. The Kier molecular flexibility index (Phi) is 5.33. The number of aromatic hydroxyl groups is 3. The zero-order chi connectivity index (χ0) is 22.4. The zero-order valence-corrected chi connectivity index (χ0v) is 15.9. The molecule has 7 N–H and O–H groups in total. The van der Waals surface area contributed by atoms with Gasteiger partial charge in [-0.3, -0.25) is 4.79 Å². The van der Waals surface area contributed by atoms with Crippen molar-refractivity contribution < 1.29 is 44.9 Å². The first-order valence-corrected chi connectivity index (χ1v) is 9.35. The Bertz CT molecular complexity index is 1170. The topological polar surface area (TPSA) is 181 Å². The Hall–Kier alpha value is -3.15. The molecule has 0 saturated carbocycles. The van der Waals surface area contributed by atoms with Crippen LogP contribution in [0.15, 0.2) is 45.6 Å². The first-order chi connectivity index (χ1) is 14.7. The van der Waals surface area contributed by atoms with Gasteiger partial charge in [-0.05, 0) is 24.3 Å². The molecule has 10 nitrogen and oxygen atoms in total. The summed E-state index contributed by atoms with van der Waals surface area (Å²) in [5, 5.41) is 70.0. The van der Waals surface area contributed by atoms with Crippen molar-refractivity contribution in [1.82, 2.24) is 0 Å². The van der Waals surface area contributed by atoms with Gasteiger partial charge in [0.2, 0.25) is 0 Å². The molecule has 164 valence electrons. The summed E-state index contributed by atoms with van der Waals surface area (Å²) in [4.78, 5) is 12.7. The molecule has 0 spiro atoms. The molecule has 31 heavy (non-hydrogen) atoms. The Labute approximate surface area is 174 Å². The molecule has 0 radical (unpaired) electrons. The van der Waals surface area contributed by atoms with E-state index >= 15 is 0 Å². The Morgan fingerprint density at radius 1 is 0.871 bits per heavy atom. The number of aliphatic hydroxyl groups is 4. The molecule has 1 aliphatic rings. The van der Waals surface area contributed by atoms with Gasteiger partial charge in [-0.1, -0.05) is 0 Å². The second kappa shape index (κ2) is 7.84. The van der Waals surface area contributed by atoms with Crippen LogP contribution in [0.3, 0.4) is 0 Å². The predicted molar refractivity (Wildman–Crippen MR) is 106 cm³/mol. The molecule has 2 aromatic carbocycles. The predicted octanol–water partition coefficient (Wildman–Crippen LogP) is 0.0917. The van der Waals surface area contributed by atoms with Gasteiger partial charge in [0.1, 0.15) is 58.9 Å². The number of hydrogen-bond donors (Lipinski definition) is 7. The molecule has 1 aliphatic heterocycles. The standard InChI is InChI=1S/C21H20O10/c22-7-14-17(27)18(28)19(29)21(31-14)16-11(25)5-10(24)15-12(26)6-13(30-20(15)16)8-1-3-9(23)4-2-8/h1-6,14,17-19,21-25,27-29H,7H2/t14?,17-,18+,19?,21-/m1/s1. The fourth-order valence-electron chi connectivity index (χ4n) is 3.70. The number of rotatable bonds is 3. The van der Waals surface area contributed by atoms with Crippen LogP contribution < -0.4 is 5.43 Å². The number of phenols is 3. The summed E-state index contributed by atoms with van der Waals surface area (Å²) in [5.41, 5.74) is -0.813. The number of benzene rings is 2. The highest BCUT2D eigenvalue weighted by Gasteiger charge is 2.46. The molecule has 2 unspecified atom stereocenters. The third kappa shape index (κ3) is 3.50. The summed E-state index contributed by atoms with van der Waals surface area (Å²) in [6.07, 6.45) is -7.87. The van der Waals surface area contributed by atoms with Crippen molar-refractivity contribution >= 4 is 11.0 Å². The monoisotopic (exact) mass is 432 g/mol. The highest BCUT2D eigenvalue weighted by Crippen LogP contribution is 2.43. The molecule has 1 fully saturated rings. The summed E-state index contributed by atoms with van der Waals surface area (Å²) in [6, 6.07) is 7.69. The van der Waals surface area contributed by atoms with Crippen molar-refractivity contribution in [2.24, 2.45) is 0 Å². The third-order valence-corrected chi connectivity index (χ3v) is 5.33. The molecule has 0 aliphatic carbocycles.